The van der Waals surface area contributed by atoms with Gasteiger partial charge in [-0.05, 0) is 12.1 Å². The summed E-state index contributed by atoms with van der Waals surface area (Å²) in [5.41, 5.74) is 0. The van der Waals surface area contributed by atoms with Crippen LogP contribution in [0.2, 0.25) is 0 Å². The third-order valence-corrected chi connectivity index (χ3v) is 1.55. The average molecular weight is 210 g/mol. The summed E-state index contributed by atoms with van der Waals surface area (Å²) in [5.74, 6) is -0.282. The number of hydrogen-bond donors (Lipinski definition) is 1. The summed E-state index contributed by atoms with van der Waals surface area (Å²) in [5, 5.41) is 8.78. The number of furan rings is 1. The van der Waals surface area contributed by atoms with E-state index < -0.39 is 18.0 Å². The van der Waals surface area contributed by atoms with Crippen LogP contribution in [0.4, 0.5) is 13.2 Å². The first kappa shape index (κ1) is 11.1. The molecule has 1 aromatic rings. The minimum atomic E-state index is -4.71. The molecule has 0 aromatic carbocycles. The molecule has 0 aliphatic carbocycles. The van der Waals surface area contributed by atoms with Crippen molar-refractivity contribution in [2.45, 2.75) is 18.9 Å². The Hall–Kier alpha value is -1.01. The summed E-state index contributed by atoms with van der Waals surface area (Å²) < 4.78 is 45.3. The molecule has 1 heterocycles. The Kier molecular flexibility index (Phi) is 3.17. The summed E-state index contributed by atoms with van der Waals surface area (Å²) in [4.78, 5) is 0. The second kappa shape index (κ2) is 4.02. The summed E-state index contributed by atoms with van der Waals surface area (Å²) in [6, 6.07) is 2.40. The third kappa shape index (κ3) is 2.49. The molecule has 0 aliphatic heterocycles. The highest BCUT2D eigenvalue weighted by molar-refractivity contribution is 5.10. The van der Waals surface area contributed by atoms with Crippen molar-refractivity contribution < 1.29 is 27.4 Å². The quantitative estimate of drug-likeness (QED) is 0.829. The maximum Gasteiger partial charge on any atom is 0.421 e. The highest BCUT2D eigenvalue weighted by Gasteiger charge is 2.41. The van der Waals surface area contributed by atoms with Crippen molar-refractivity contribution >= 4 is 0 Å². The molecule has 0 radical (unpaired) electrons. The van der Waals surface area contributed by atoms with E-state index in [1.54, 1.807) is 0 Å². The molecule has 14 heavy (non-hydrogen) atoms. The van der Waals surface area contributed by atoms with E-state index in [0.717, 1.165) is 6.07 Å². The average Bonchev–Trinajstić information content (AvgIpc) is 2.50. The van der Waals surface area contributed by atoms with Crippen LogP contribution < -0.4 is 0 Å². The Morgan fingerprint density at radius 3 is 2.64 bits per heavy atom. The first-order valence-corrected chi connectivity index (χ1v) is 3.77. The van der Waals surface area contributed by atoms with Gasteiger partial charge in [0.1, 0.15) is 18.1 Å². The number of aliphatic hydroxyl groups is 1. The zero-order valence-corrected chi connectivity index (χ0v) is 7.34. The Balaban J connectivity index is 2.76. The van der Waals surface area contributed by atoms with Gasteiger partial charge in [0.15, 0.2) is 0 Å². The smallest absolute Gasteiger partial charge is 0.421 e. The minimum absolute atomic E-state index is 0.0740. The summed E-state index contributed by atoms with van der Waals surface area (Å²) in [6.07, 6.45) is -7.28. The lowest BCUT2D eigenvalue weighted by Gasteiger charge is -2.11. The highest BCUT2D eigenvalue weighted by Crippen LogP contribution is 2.33. The molecular weight excluding hydrogens is 201 g/mol. The molecule has 3 nitrogen and oxygen atoms in total. The van der Waals surface area contributed by atoms with E-state index in [1.165, 1.54) is 13.2 Å². The predicted molar refractivity (Wildman–Crippen MR) is 40.4 cm³/mol. The lowest BCUT2D eigenvalue weighted by Crippen LogP contribution is -2.19. The molecule has 0 saturated heterocycles. The fourth-order valence-electron chi connectivity index (χ4n) is 0.923. The summed E-state index contributed by atoms with van der Waals surface area (Å²) >= 11 is 0. The van der Waals surface area contributed by atoms with E-state index in [9.17, 15) is 13.2 Å². The second-order valence-electron chi connectivity index (χ2n) is 2.68. The molecule has 0 saturated carbocycles. The molecule has 1 aromatic heterocycles. The zero-order chi connectivity index (χ0) is 10.8. The molecular formula is C8H9F3O3. The molecule has 0 bridgehead atoms. The van der Waals surface area contributed by atoms with Crippen LogP contribution in [0.5, 0.6) is 0 Å². The summed E-state index contributed by atoms with van der Waals surface area (Å²) in [7, 11) is 1.39. The SMILES string of the molecule is COCc1ccc([C@@H](O)C(F)(F)F)o1. The molecule has 0 amide bonds. The van der Waals surface area contributed by atoms with Gasteiger partial charge in [-0.3, -0.25) is 0 Å². The van der Waals surface area contributed by atoms with Crippen LogP contribution in [0.25, 0.3) is 0 Å². The lowest BCUT2D eigenvalue weighted by molar-refractivity contribution is -0.211. The van der Waals surface area contributed by atoms with Crippen molar-refractivity contribution in [3.05, 3.63) is 23.7 Å². The van der Waals surface area contributed by atoms with E-state index in [0.29, 0.717) is 0 Å². The van der Waals surface area contributed by atoms with Crippen molar-refractivity contribution in [2.75, 3.05) is 7.11 Å². The lowest BCUT2D eigenvalue weighted by atomic mass is 10.3. The maximum absolute atomic E-state index is 12.0. The molecule has 1 rings (SSSR count). The Morgan fingerprint density at radius 2 is 2.14 bits per heavy atom. The molecule has 0 aliphatic rings. The van der Waals surface area contributed by atoms with Crippen LogP contribution in [0.15, 0.2) is 16.5 Å². The largest absolute Gasteiger partial charge is 0.460 e. The van der Waals surface area contributed by atoms with Gasteiger partial charge in [-0.1, -0.05) is 0 Å². The van der Waals surface area contributed by atoms with Gasteiger partial charge in [-0.15, -0.1) is 0 Å². The van der Waals surface area contributed by atoms with Crippen LogP contribution in [0, 0.1) is 0 Å². The molecule has 1 atom stereocenters. The third-order valence-electron chi connectivity index (χ3n) is 1.55. The first-order chi connectivity index (χ1) is 6.45. The number of halogens is 3. The summed E-state index contributed by atoms with van der Waals surface area (Å²) in [6.45, 7) is 0.0740. The van der Waals surface area contributed by atoms with Crippen LogP contribution in [-0.2, 0) is 11.3 Å². The van der Waals surface area contributed by atoms with Gasteiger partial charge in [0.05, 0.1) is 0 Å². The molecule has 0 unspecified atom stereocenters. The number of methoxy groups -OCH3 is 1. The van der Waals surface area contributed by atoms with Gasteiger partial charge in [0, 0.05) is 7.11 Å². The second-order valence-corrected chi connectivity index (χ2v) is 2.68. The zero-order valence-electron chi connectivity index (χ0n) is 7.34. The Morgan fingerprint density at radius 1 is 1.50 bits per heavy atom. The standard InChI is InChI=1S/C8H9F3O3/c1-13-4-5-2-3-6(14-5)7(12)8(9,10)11/h2-3,7,12H,4H2,1H3/t7-/m1/s1. The Labute approximate surface area is 78.1 Å². The van der Waals surface area contributed by atoms with Crippen molar-refractivity contribution in [1.29, 1.82) is 0 Å². The topological polar surface area (TPSA) is 42.6 Å². The number of ether oxygens (including phenoxy) is 1. The number of hydrogen-bond acceptors (Lipinski definition) is 3. The van der Waals surface area contributed by atoms with Crippen LogP contribution >= 0.6 is 0 Å². The van der Waals surface area contributed by atoms with Crippen LogP contribution in [0.3, 0.4) is 0 Å². The fourth-order valence-corrected chi connectivity index (χ4v) is 0.923. The normalized spacial score (nSPS) is 14.4. The highest BCUT2D eigenvalue weighted by atomic mass is 19.4. The van der Waals surface area contributed by atoms with Gasteiger partial charge in [0.25, 0.3) is 0 Å². The van der Waals surface area contributed by atoms with Crippen molar-refractivity contribution in [3.8, 4) is 0 Å². The fraction of sp³-hybridized carbons (Fsp3) is 0.500. The van der Waals surface area contributed by atoms with Gasteiger partial charge in [0.2, 0.25) is 6.10 Å². The molecule has 0 spiro atoms. The van der Waals surface area contributed by atoms with Crippen molar-refractivity contribution in [3.63, 3.8) is 0 Å². The van der Waals surface area contributed by atoms with E-state index in [-0.39, 0.29) is 12.4 Å². The van der Waals surface area contributed by atoms with Crippen LogP contribution in [0.1, 0.15) is 17.6 Å². The van der Waals surface area contributed by atoms with E-state index in [1.807, 2.05) is 0 Å². The van der Waals surface area contributed by atoms with Gasteiger partial charge >= 0.3 is 6.18 Å². The monoisotopic (exact) mass is 210 g/mol. The van der Waals surface area contributed by atoms with Gasteiger partial charge < -0.3 is 14.3 Å². The van der Waals surface area contributed by atoms with Gasteiger partial charge in [-0.2, -0.15) is 13.2 Å². The number of rotatable bonds is 3. The number of aliphatic hydroxyl groups excluding tert-OH is 1. The van der Waals surface area contributed by atoms with Crippen molar-refractivity contribution in [1.82, 2.24) is 0 Å². The molecule has 6 heteroatoms. The molecule has 80 valence electrons. The van der Waals surface area contributed by atoms with E-state index in [2.05, 4.69) is 4.74 Å². The van der Waals surface area contributed by atoms with E-state index >= 15 is 0 Å². The van der Waals surface area contributed by atoms with Crippen molar-refractivity contribution in [2.24, 2.45) is 0 Å². The van der Waals surface area contributed by atoms with Crippen LogP contribution in [-0.4, -0.2) is 18.4 Å². The number of alkyl halides is 3. The predicted octanol–water partition coefficient (Wildman–Crippen LogP) is 2.02. The maximum atomic E-state index is 12.0. The minimum Gasteiger partial charge on any atom is -0.460 e. The molecule has 1 N–H and O–H groups in total. The van der Waals surface area contributed by atoms with E-state index in [4.69, 9.17) is 9.52 Å². The van der Waals surface area contributed by atoms with Gasteiger partial charge in [-0.25, -0.2) is 0 Å². The molecule has 0 fully saturated rings. The first-order valence-electron chi connectivity index (χ1n) is 3.77. The Bertz CT molecular complexity index is 292.